The molecule has 2 rings (SSSR count). The van der Waals surface area contributed by atoms with Gasteiger partial charge in [-0.2, -0.15) is 0 Å². The summed E-state index contributed by atoms with van der Waals surface area (Å²) >= 11 is 3.42. The maximum atomic E-state index is 9.34. The fourth-order valence-corrected chi connectivity index (χ4v) is 2.06. The van der Waals surface area contributed by atoms with Gasteiger partial charge >= 0.3 is 0 Å². The van der Waals surface area contributed by atoms with Crippen LogP contribution in [0.5, 0.6) is 5.75 Å². The lowest BCUT2D eigenvalue weighted by molar-refractivity contribution is 0.157. The monoisotopic (exact) mass is 310 g/mol. The Morgan fingerprint density at radius 2 is 2.06 bits per heavy atom. The zero-order chi connectivity index (χ0) is 12.8. The fourth-order valence-electron chi connectivity index (χ4n) is 1.66. The smallest absolute Gasteiger partial charge is 0.133 e. The number of halogens is 1. The van der Waals surface area contributed by atoms with Crippen LogP contribution in [0, 0.1) is 5.92 Å². The molecule has 4 heteroatoms. The molecule has 1 atom stereocenters. The molecule has 3 nitrogen and oxygen atoms in total. The summed E-state index contributed by atoms with van der Waals surface area (Å²) in [6.07, 6.45) is 2.31. The lowest BCUT2D eigenvalue weighted by Gasteiger charge is -2.14. The van der Waals surface area contributed by atoms with E-state index in [4.69, 9.17) is 9.15 Å². The van der Waals surface area contributed by atoms with Gasteiger partial charge in [-0.05, 0) is 40.2 Å². The Kier molecular flexibility index (Phi) is 4.84. The average molecular weight is 311 g/mol. The maximum absolute atomic E-state index is 9.34. The molecule has 1 N–H and O–H groups in total. The molecule has 0 saturated heterocycles. The van der Waals surface area contributed by atoms with Crippen LogP contribution in [0.3, 0.4) is 0 Å². The number of benzene rings is 1. The van der Waals surface area contributed by atoms with Gasteiger partial charge in [-0.1, -0.05) is 12.1 Å². The molecule has 0 amide bonds. The van der Waals surface area contributed by atoms with Crippen molar-refractivity contribution in [2.24, 2.45) is 5.92 Å². The van der Waals surface area contributed by atoms with Gasteiger partial charge in [0.05, 0.1) is 17.3 Å². The SMILES string of the molecule is OCC(COc1ccccc1Br)Cc1ccco1. The van der Waals surface area contributed by atoms with Crippen LogP contribution in [0.4, 0.5) is 0 Å². The topological polar surface area (TPSA) is 42.6 Å². The second-order valence-electron chi connectivity index (χ2n) is 4.07. The molecular weight excluding hydrogens is 296 g/mol. The molecule has 1 unspecified atom stereocenters. The van der Waals surface area contributed by atoms with E-state index < -0.39 is 0 Å². The van der Waals surface area contributed by atoms with E-state index in [0.717, 1.165) is 16.0 Å². The molecule has 96 valence electrons. The average Bonchev–Trinajstić information content (AvgIpc) is 2.89. The van der Waals surface area contributed by atoms with Crippen LogP contribution in [0.2, 0.25) is 0 Å². The Bertz CT molecular complexity index is 468. The van der Waals surface area contributed by atoms with Gasteiger partial charge in [-0.25, -0.2) is 0 Å². The van der Waals surface area contributed by atoms with Gasteiger partial charge < -0.3 is 14.3 Å². The van der Waals surface area contributed by atoms with Crippen LogP contribution in [0.15, 0.2) is 51.6 Å². The lowest BCUT2D eigenvalue weighted by Crippen LogP contribution is -2.18. The molecule has 0 aliphatic heterocycles. The zero-order valence-electron chi connectivity index (χ0n) is 9.88. The number of hydrogen-bond donors (Lipinski definition) is 1. The van der Waals surface area contributed by atoms with Crippen LogP contribution in [-0.2, 0) is 6.42 Å². The fraction of sp³-hybridized carbons (Fsp3) is 0.286. The molecule has 1 aromatic heterocycles. The third-order valence-corrected chi connectivity index (χ3v) is 3.29. The maximum Gasteiger partial charge on any atom is 0.133 e. The van der Waals surface area contributed by atoms with Crippen molar-refractivity contribution in [3.8, 4) is 5.75 Å². The van der Waals surface area contributed by atoms with Gasteiger partial charge in [-0.3, -0.25) is 0 Å². The van der Waals surface area contributed by atoms with Crippen molar-refractivity contribution in [3.05, 3.63) is 52.9 Å². The van der Waals surface area contributed by atoms with Gasteiger partial charge in [0.15, 0.2) is 0 Å². The minimum atomic E-state index is 0.0308. The summed E-state index contributed by atoms with van der Waals surface area (Å²) in [5, 5.41) is 9.34. The van der Waals surface area contributed by atoms with Gasteiger partial charge in [-0.15, -0.1) is 0 Å². The van der Waals surface area contributed by atoms with Crippen LogP contribution in [0.25, 0.3) is 0 Å². The van der Waals surface area contributed by atoms with Gasteiger partial charge in [0.1, 0.15) is 11.5 Å². The Morgan fingerprint density at radius 3 is 2.72 bits per heavy atom. The molecule has 0 aliphatic rings. The number of furan rings is 1. The third kappa shape index (κ3) is 3.62. The number of hydrogen-bond acceptors (Lipinski definition) is 3. The van der Waals surface area contributed by atoms with Crippen LogP contribution < -0.4 is 4.74 Å². The van der Waals surface area contributed by atoms with Gasteiger partial charge in [0, 0.05) is 18.9 Å². The predicted octanol–water partition coefficient (Wildman–Crippen LogP) is 3.27. The predicted molar refractivity (Wildman–Crippen MR) is 72.6 cm³/mol. The highest BCUT2D eigenvalue weighted by molar-refractivity contribution is 9.10. The molecule has 0 saturated carbocycles. The molecule has 2 aromatic rings. The van der Waals surface area contributed by atoms with E-state index in [1.165, 1.54) is 0 Å². The molecule has 18 heavy (non-hydrogen) atoms. The summed E-state index contributed by atoms with van der Waals surface area (Å²) in [6.45, 7) is 0.533. The normalized spacial score (nSPS) is 12.3. The first-order chi connectivity index (χ1) is 8.79. The molecule has 0 spiro atoms. The van der Waals surface area contributed by atoms with E-state index in [9.17, 15) is 5.11 Å². The first-order valence-corrected chi connectivity index (χ1v) is 6.59. The standard InChI is InChI=1S/C14H15BrO3/c15-13-5-1-2-6-14(13)18-10-11(9-16)8-12-4-3-7-17-12/h1-7,11,16H,8-10H2. The molecule has 0 bridgehead atoms. The Labute approximate surface area is 115 Å². The third-order valence-electron chi connectivity index (χ3n) is 2.64. The number of aliphatic hydroxyl groups excluding tert-OH is 1. The van der Waals surface area contributed by atoms with Crippen molar-refractivity contribution < 1.29 is 14.3 Å². The molecule has 1 aromatic carbocycles. The summed E-state index contributed by atoms with van der Waals surface area (Å²) in [4.78, 5) is 0. The summed E-state index contributed by atoms with van der Waals surface area (Å²) in [5.41, 5.74) is 0. The van der Waals surface area contributed by atoms with E-state index in [1.807, 2.05) is 36.4 Å². The number of aliphatic hydroxyl groups is 1. The summed E-state index contributed by atoms with van der Waals surface area (Å²) in [5.74, 6) is 1.68. The second kappa shape index (κ2) is 6.61. The van der Waals surface area contributed by atoms with Crippen molar-refractivity contribution in [1.29, 1.82) is 0 Å². The van der Waals surface area contributed by atoms with E-state index in [0.29, 0.717) is 13.0 Å². The van der Waals surface area contributed by atoms with Gasteiger partial charge in [0.2, 0.25) is 0 Å². The minimum Gasteiger partial charge on any atom is -0.492 e. The Morgan fingerprint density at radius 1 is 1.22 bits per heavy atom. The first kappa shape index (κ1) is 13.2. The summed E-state index contributed by atoms with van der Waals surface area (Å²) in [6, 6.07) is 11.4. The molecule has 0 fully saturated rings. The van der Waals surface area contributed by atoms with E-state index in [1.54, 1.807) is 6.26 Å². The Hall–Kier alpha value is -1.26. The number of para-hydroxylation sites is 1. The van der Waals surface area contributed by atoms with Crippen LogP contribution >= 0.6 is 15.9 Å². The molecular formula is C14H15BrO3. The molecule has 0 aliphatic carbocycles. The van der Waals surface area contributed by atoms with Gasteiger partial charge in [0.25, 0.3) is 0 Å². The van der Waals surface area contributed by atoms with E-state index >= 15 is 0 Å². The molecule has 0 radical (unpaired) electrons. The largest absolute Gasteiger partial charge is 0.492 e. The van der Waals surface area contributed by atoms with Crippen molar-refractivity contribution in [1.82, 2.24) is 0 Å². The summed E-state index contributed by atoms with van der Waals surface area (Å²) in [7, 11) is 0. The first-order valence-electron chi connectivity index (χ1n) is 5.80. The van der Waals surface area contributed by atoms with Crippen molar-refractivity contribution in [2.45, 2.75) is 6.42 Å². The van der Waals surface area contributed by atoms with Crippen molar-refractivity contribution in [3.63, 3.8) is 0 Å². The van der Waals surface area contributed by atoms with Crippen molar-refractivity contribution in [2.75, 3.05) is 13.2 Å². The van der Waals surface area contributed by atoms with E-state index in [-0.39, 0.29) is 12.5 Å². The molecule has 1 heterocycles. The number of ether oxygens (including phenoxy) is 1. The van der Waals surface area contributed by atoms with E-state index in [2.05, 4.69) is 15.9 Å². The zero-order valence-corrected chi connectivity index (χ0v) is 11.5. The lowest BCUT2D eigenvalue weighted by atomic mass is 10.1. The number of rotatable bonds is 6. The highest BCUT2D eigenvalue weighted by atomic mass is 79.9. The Balaban J connectivity index is 1.89. The minimum absolute atomic E-state index is 0.0308. The highest BCUT2D eigenvalue weighted by Gasteiger charge is 2.12. The van der Waals surface area contributed by atoms with Crippen LogP contribution in [-0.4, -0.2) is 18.3 Å². The second-order valence-corrected chi connectivity index (χ2v) is 4.93. The summed E-state index contributed by atoms with van der Waals surface area (Å²) < 4.78 is 11.9. The van der Waals surface area contributed by atoms with Crippen molar-refractivity contribution >= 4 is 15.9 Å². The quantitative estimate of drug-likeness (QED) is 0.890. The highest BCUT2D eigenvalue weighted by Crippen LogP contribution is 2.24. The van der Waals surface area contributed by atoms with Crippen LogP contribution in [0.1, 0.15) is 5.76 Å².